The van der Waals surface area contributed by atoms with Gasteiger partial charge in [-0.1, -0.05) is 6.07 Å². The van der Waals surface area contributed by atoms with Crippen LogP contribution in [0.4, 0.5) is 8.78 Å². The molecule has 0 saturated carbocycles. The number of carboxylic acid groups (broad SMARTS) is 1. The topological polar surface area (TPSA) is 123 Å². The van der Waals surface area contributed by atoms with Crippen LogP contribution >= 0.6 is 0 Å². The Morgan fingerprint density at radius 2 is 1.91 bits per heavy atom. The zero-order valence-electron chi connectivity index (χ0n) is 25.3. The number of fused-ring (bicyclic) bond motifs is 1. The molecular formula is C34H33F2N5O5. The molecule has 2 fully saturated rings. The summed E-state index contributed by atoms with van der Waals surface area (Å²) in [5.41, 5.74) is 3.45. The zero-order chi connectivity index (χ0) is 32.2. The smallest absolute Gasteiger partial charge is 0.328 e. The molecule has 0 amide bonds. The maximum absolute atomic E-state index is 14.5. The van der Waals surface area contributed by atoms with Crippen LogP contribution in [0.2, 0.25) is 0 Å². The Morgan fingerprint density at radius 1 is 1.11 bits per heavy atom. The van der Waals surface area contributed by atoms with Crippen molar-refractivity contribution in [1.82, 2.24) is 19.4 Å². The van der Waals surface area contributed by atoms with Crippen molar-refractivity contribution in [3.8, 4) is 17.7 Å². The molecule has 2 aromatic heterocycles. The number of halogens is 2. The summed E-state index contributed by atoms with van der Waals surface area (Å²) in [6.07, 6.45) is 3.66. The normalized spacial score (nSPS) is 17.4. The molecule has 238 valence electrons. The minimum atomic E-state index is -0.983. The van der Waals surface area contributed by atoms with Crippen LogP contribution < -0.4 is 9.47 Å². The maximum Gasteiger partial charge on any atom is 0.328 e. The third-order valence-corrected chi connectivity index (χ3v) is 8.31. The molecule has 0 bridgehead atoms. The number of rotatable bonds is 11. The average molecular weight is 630 g/mol. The van der Waals surface area contributed by atoms with E-state index in [0.717, 1.165) is 67.4 Å². The number of benzene rings is 2. The van der Waals surface area contributed by atoms with Crippen molar-refractivity contribution >= 4 is 22.6 Å². The lowest BCUT2D eigenvalue weighted by Gasteiger charge is -2.32. The van der Waals surface area contributed by atoms with Crippen molar-refractivity contribution in [2.75, 3.05) is 19.7 Å². The Bertz CT molecular complexity index is 1820. The molecule has 1 atom stereocenters. The quantitative estimate of drug-likeness (QED) is 0.215. The van der Waals surface area contributed by atoms with Crippen LogP contribution in [0.15, 0.2) is 54.6 Å². The number of nitrogens with zero attached hydrogens (tertiary/aromatic N) is 5. The second-order valence-corrected chi connectivity index (χ2v) is 11.5. The fourth-order valence-electron chi connectivity index (χ4n) is 5.66. The van der Waals surface area contributed by atoms with Crippen molar-refractivity contribution in [2.24, 2.45) is 0 Å². The highest BCUT2D eigenvalue weighted by Gasteiger charge is 2.26. The number of carboxylic acids is 1. The van der Waals surface area contributed by atoms with Gasteiger partial charge >= 0.3 is 5.97 Å². The molecule has 46 heavy (non-hydrogen) atoms. The Morgan fingerprint density at radius 3 is 2.61 bits per heavy atom. The van der Waals surface area contributed by atoms with Crippen LogP contribution in [0.5, 0.6) is 11.6 Å². The number of allylic oxidation sites excluding steroid dienone is 1. The number of nitriles is 1. The molecule has 2 aliphatic heterocycles. The van der Waals surface area contributed by atoms with Crippen LogP contribution in [0.3, 0.4) is 0 Å². The van der Waals surface area contributed by atoms with Crippen LogP contribution in [-0.2, 0) is 29.2 Å². The van der Waals surface area contributed by atoms with Crippen LogP contribution in [-0.4, -0.2) is 62.4 Å². The van der Waals surface area contributed by atoms with Crippen molar-refractivity contribution in [3.63, 3.8) is 0 Å². The van der Waals surface area contributed by atoms with Gasteiger partial charge in [-0.3, -0.25) is 4.90 Å². The molecule has 0 spiro atoms. The second kappa shape index (κ2) is 13.6. The van der Waals surface area contributed by atoms with Crippen LogP contribution in [0, 0.1) is 23.0 Å². The third-order valence-electron chi connectivity index (χ3n) is 8.31. The Balaban J connectivity index is 1.09. The molecule has 0 unspecified atom stereocenters. The molecule has 4 aromatic rings. The van der Waals surface area contributed by atoms with Crippen molar-refractivity contribution in [3.05, 3.63) is 88.9 Å². The number of ether oxygens (including phenoxy) is 3. The molecule has 10 nitrogen and oxygen atoms in total. The molecule has 2 aromatic carbocycles. The molecule has 2 aliphatic rings. The molecule has 6 rings (SSSR count). The third kappa shape index (κ3) is 7.17. The summed E-state index contributed by atoms with van der Waals surface area (Å²) in [6, 6.07) is 14.2. The zero-order valence-corrected chi connectivity index (χ0v) is 25.3. The summed E-state index contributed by atoms with van der Waals surface area (Å²) in [5, 5.41) is 18.1. The van der Waals surface area contributed by atoms with Crippen LogP contribution in [0.1, 0.15) is 48.8 Å². The Hall–Kier alpha value is -4.86. The predicted octanol–water partition coefficient (Wildman–Crippen LogP) is 5.48. The number of imidazole rings is 1. The summed E-state index contributed by atoms with van der Waals surface area (Å²) < 4.78 is 48.1. The van der Waals surface area contributed by atoms with Gasteiger partial charge in [0.15, 0.2) is 11.6 Å². The van der Waals surface area contributed by atoms with Gasteiger partial charge in [-0.25, -0.2) is 23.5 Å². The first kappa shape index (κ1) is 31.1. The van der Waals surface area contributed by atoms with Gasteiger partial charge < -0.3 is 23.9 Å². The monoisotopic (exact) mass is 629 g/mol. The number of pyridine rings is 1. The van der Waals surface area contributed by atoms with E-state index in [4.69, 9.17) is 24.5 Å². The van der Waals surface area contributed by atoms with E-state index in [-0.39, 0.29) is 41.7 Å². The van der Waals surface area contributed by atoms with E-state index >= 15 is 0 Å². The number of piperidine rings is 1. The molecule has 1 N–H and O–H groups in total. The van der Waals surface area contributed by atoms with E-state index in [1.54, 1.807) is 6.92 Å². The van der Waals surface area contributed by atoms with Crippen molar-refractivity contribution < 1.29 is 32.9 Å². The first-order valence-electron chi connectivity index (χ1n) is 15.1. The number of aromatic nitrogens is 3. The fraction of sp³-hybridized carbons (Fsp3) is 0.353. The highest BCUT2D eigenvalue weighted by molar-refractivity contribution is 5.91. The lowest BCUT2D eigenvalue weighted by atomic mass is 10.1. The van der Waals surface area contributed by atoms with Gasteiger partial charge in [0.1, 0.15) is 30.0 Å². The summed E-state index contributed by atoms with van der Waals surface area (Å²) in [6.45, 7) is 5.06. The van der Waals surface area contributed by atoms with E-state index in [1.807, 2.05) is 24.3 Å². The number of carbonyl (C=O) groups is 1. The summed E-state index contributed by atoms with van der Waals surface area (Å²) in [7, 11) is 0. The minimum absolute atomic E-state index is 0.00941. The largest absolute Gasteiger partial charge is 0.484 e. The molecule has 0 radical (unpaired) electrons. The molecule has 0 aliphatic carbocycles. The number of hydrogen-bond acceptors (Lipinski definition) is 8. The number of aliphatic carboxylic acids is 1. The van der Waals surface area contributed by atoms with E-state index in [2.05, 4.69) is 14.5 Å². The first-order chi connectivity index (χ1) is 22.2. The van der Waals surface area contributed by atoms with E-state index in [9.17, 15) is 18.7 Å². The highest BCUT2D eigenvalue weighted by atomic mass is 19.1. The van der Waals surface area contributed by atoms with Crippen LogP contribution in [0.25, 0.3) is 16.6 Å². The summed E-state index contributed by atoms with van der Waals surface area (Å²) >= 11 is 0. The summed E-state index contributed by atoms with van der Waals surface area (Å²) in [5.74, 6) is -1.19. The standard InChI is InChI=1S/C34H33F2N5O5/c1-21(14-34(42)43)23-3-5-28-30(16-23)41(18-25-10-13-44-25)32(38-28)19-40-11-8-24(9-12-40)46-33-7-4-26(35)29(39-33)20-45-31-6-2-22(17-37)15-27(31)36/h2-7,14-16,24-25H,8-13,18-20H2,1H3,(H,42,43)/b21-14+/t25-/m0/s1. The molecule has 4 heterocycles. The van der Waals surface area contributed by atoms with Gasteiger partial charge in [-0.2, -0.15) is 5.26 Å². The van der Waals surface area contributed by atoms with E-state index in [0.29, 0.717) is 18.7 Å². The Kier molecular flexibility index (Phi) is 9.23. The molecule has 2 saturated heterocycles. The lowest BCUT2D eigenvalue weighted by molar-refractivity contribution is -0.131. The SMILES string of the molecule is C/C(=C\C(=O)O)c1ccc2nc(CN3CCC(Oc4ccc(F)c(COc5ccc(C#N)cc5F)n4)CC3)n(C[C@@H]3CCO3)c2c1. The highest BCUT2D eigenvalue weighted by Crippen LogP contribution is 2.27. The summed E-state index contributed by atoms with van der Waals surface area (Å²) in [4.78, 5) is 22.8. The van der Waals surface area contributed by atoms with E-state index < -0.39 is 17.6 Å². The Labute approximate surface area is 264 Å². The van der Waals surface area contributed by atoms with Gasteiger partial charge in [0.2, 0.25) is 5.88 Å². The lowest BCUT2D eigenvalue weighted by Crippen LogP contribution is -2.39. The maximum atomic E-state index is 14.5. The van der Waals surface area contributed by atoms with Crippen molar-refractivity contribution in [1.29, 1.82) is 5.26 Å². The van der Waals surface area contributed by atoms with Gasteiger partial charge in [0, 0.05) is 31.8 Å². The second-order valence-electron chi connectivity index (χ2n) is 11.5. The van der Waals surface area contributed by atoms with Gasteiger partial charge in [-0.05, 0) is 73.7 Å². The molecular weight excluding hydrogens is 596 g/mol. The molecule has 12 heteroatoms. The number of likely N-dealkylation sites (tertiary alicyclic amines) is 1. The van der Waals surface area contributed by atoms with Gasteiger partial charge in [0.05, 0.1) is 41.9 Å². The fourth-order valence-corrected chi connectivity index (χ4v) is 5.66. The average Bonchev–Trinajstić information content (AvgIpc) is 3.35. The van der Waals surface area contributed by atoms with Crippen molar-refractivity contribution in [2.45, 2.75) is 58.1 Å². The van der Waals surface area contributed by atoms with Gasteiger partial charge in [0.25, 0.3) is 0 Å². The minimum Gasteiger partial charge on any atom is -0.484 e. The van der Waals surface area contributed by atoms with E-state index in [1.165, 1.54) is 30.3 Å². The first-order valence-corrected chi connectivity index (χ1v) is 15.1. The predicted molar refractivity (Wildman–Crippen MR) is 164 cm³/mol. The van der Waals surface area contributed by atoms with Gasteiger partial charge in [-0.15, -0.1) is 0 Å². The number of hydrogen-bond donors (Lipinski definition) is 1.